The highest BCUT2D eigenvalue weighted by molar-refractivity contribution is 5.95. The van der Waals surface area contributed by atoms with Crippen LogP contribution in [0.3, 0.4) is 0 Å². The standard InChI is InChI=1S/C28H27N5O4/c1-36-18-25(20-8-6-19(7-9-20)17-33-12-4-3-5-26(33)34)27-24(16-31-32-27)28(35)30-15-22-13-23(37-2)11-10-21(22)14-29/h3-13,16,25H,15,17-18H2,1-2H3,(H,30,35)(H,31,32). The lowest BCUT2D eigenvalue weighted by atomic mass is 9.93. The molecule has 0 aliphatic carbocycles. The third-order valence-corrected chi connectivity index (χ3v) is 6.08. The molecule has 0 saturated heterocycles. The van der Waals surface area contributed by atoms with Crippen molar-refractivity contribution in [3.8, 4) is 11.8 Å². The molecule has 0 aliphatic rings. The molecule has 0 bridgehead atoms. The summed E-state index contributed by atoms with van der Waals surface area (Å²) in [4.78, 5) is 25.2. The lowest BCUT2D eigenvalue weighted by molar-refractivity contribution is 0.0949. The molecule has 9 nitrogen and oxygen atoms in total. The van der Waals surface area contributed by atoms with Crippen LogP contribution in [0.5, 0.6) is 5.75 Å². The molecular weight excluding hydrogens is 470 g/mol. The van der Waals surface area contributed by atoms with Crippen LogP contribution in [0, 0.1) is 11.3 Å². The van der Waals surface area contributed by atoms with Gasteiger partial charge in [-0.3, -0.25) is 14.7 Å². The molecule has 2 aromatic carbocycles. The number of hydrogen-bond donors (Lipinski definition) is 2. The molecule has 0 spiro atoms. The summed E-state index contributed by atoms with van der Waals surface area (Å²) in [6, 6.07) is 20.1. The van der Waals surface area contributed by atoms with E-state index >= 15 is 0 Å². The van der Waals surface area contributed by atoms with E-state index in [0.717, 1.165) is 11.1 Å². The number of nitriles is 1. The number of amides is 1. The Balaban J connectivity index is 1.53. The molecule has 1 unspecified atom stereocenters. The Labute approximate surface area is 214 Å². The van der Waals surface area contributed by atoms with E-state index in [9.17, 15) is 14.9 Å². The fraction of sp³-hybridized carbons (Fsp3) is 0.214. The third kappa shape index (κ3) is 5.94. The van der Waals surface area contributed by atoms with Crippen molar-refractivity contribution < 1.29 is 14.3 Å². The number of pyridine rings is 1. The Hall–Kier alpha value is -4.68. The number of nitrogens with one attached hydrogen (secondary N) is 2. The Morgan fingerprint density at radius 3 is 2.68 bits per heavy atom. The molecule has 2 heterocycles. The van der Waals surface area contributed by atoms with Crippen molar-refractivity contribution in [3.63, 3.8) is 0 Å². The lowest BCUT2D eigenvalue weighted by Crippen LogP contribution is -2.25. The van der Waals surface area contributed by atoms with Gasteiger partial charge in [0.25, 0.3) is 11.5 Å². The molecule has 37 heavy (non-hydrogen) atoms. The summed E-state index contributed by atoms with van der Waals surface area (Å²) >= 11 is 0. The minimum atomic E-state index is -0.323. The summed E-state index contributed by atoms with van der Waals surface area (Å²) in [5, 5.41) is 19.4. The van der Waals surface area contributed by atoms with E-state index in [-0.39, 0.29) is 23.9 Å². The van der Waals surface area contributed by atoms with E-state index < -0.39 is 0 Å². The molecule has 0 radical (unpaired) electrons. The Morgan fingerprint density at radius 1 is 1.16 bits per heavy atom. The summed E-state index contributed by atoms with van der Waals surface area (Å²) in [5.41, 5.74) is 3.89. The number of hydrogen-bond acceptors (Lipinski definition) is 6. The second kappa shape index (κ2) is 11.8. The SMILES string of the molecule is COCC(c1ccc(Cn2ccccc2=O)cc1)c1n[nH]cc1C(=O)NCc1cc(OC)ccc1C#N. The predicted molar refractivity (Wildman–Crippen MR) is 137 cm³/mol. The summed E-state index contributed by atoms with van der Waals surface area (Å²) in [6.07, 6.45) is 3.31. The summed E-state index contributed by atoms with van der Waals surface area (Å²) in [7, 11) is 3.15. The maximum Gasteiger partial charge on any atom is 0.255 e. The largest absolute Gasteiger partial charge is 0.497 e. The van der Waals surface area contributed by atoms with Crippen LogP contribution in [0.2, 0.25) is 0 Å². The average Bonchev–Trinajstić information content (AvgIpc) is 3.42. The molecule has 1 amide bonds. The van der Waals surface area contributed by atoms with Crippen LogP contribution >= 0.6 is 0 Å². The van der Waals surface area contributed by atoms with Crippen molar-refractivity contribution >= 4 is 5.91 Å². The second-order valence-electron chi connectivity index (χ2n) is 8.42. The first-order chi connectivity index (χ1) is 18.0. The van der Waals surface area contributed by atoms with Gasteiger partial charge < -0.3 is 19.4 Å². The molecule has 0 saturated carbocycles. The third-order valence-electron chi connectivity index (χ3n) is 6.08. The first-order valence-corrected chi connectivity index (χ1v) is 11.7. The molecule has 9 heteroatoms. The van der Waals surface area contributed by atoms with Gasteiger partial charge in [0.1, 0.15) is 5.75 Å². The zero-order chi connectivity index (χ0) is 26.2. The first-order valence-electron chi connectivity index (χ1n) is 11.7. The number of ether oxygens (including phenoxy) is 2. The van der Waals surface area contributed by atoms with Gasteiger partial charge in [-0.2, -0.15) is 10.4 Å². The fourth-order valence-electron chi connectivity index (χ4n) is 4.11. The van der Waals surface area contributed by atoms with E-state index in [1.165, 1.54) is 6.07 Å². The highest BCUT2D eigenvalue weighted by atomic mass is 16.5. The molecule has 188 valence electrons. The van der Waals surface area contributed by atoms with Crippen molar-refractivity contribution in [2.75, 3.05) is 20.8 Å². The molecule has 0 fully saturated rings. The first kappa shape index (κ1) is 25.4. The summed E-state index contributed by atoms with van der Waals surface area (Å²) in [6.45, 7) is 0.934. The Kier molecular flexibility index (Phi) is 8.13. The van der Waals surface area contributed by atoms with E-state index in [1.807, 2.05) is 30.3 Å². The van der Waals surface area contributed by atoms with E-state index in [1.54, 1.807) is 55.4 Å². The number of nitrogens with zero attached hydrogens (tertiary/aromatic N) is 3. The Morgan fingerprint density at radius 2 is 1.97 bits per heavy atom. The normalized spacial score (nSPS) is 11.5. The number of aromatic nitrogens is 3. The van der Waals surface area contributed by atoms with Gasteiger partial charge in [-0.1, -0.05) is 30.3 Å². The van der Waals surface area contributed by atoms with Gasteiger partial charge in [0.15, 0.2) is 0 Å². The van der Waals surface area contributed by atoms with Crippen LogP contribution in [0.15, 0.2) is 77.9 Å². The zero-order valence-corrected chi connectivity index (χ0v) is 20.6. The quantitative estimate of drug-likeness (QED) is 0.347. The highest BCUT2D eigenvalue weighted by Gasteiger charge is 2.24. The van der Waals surface area contributed by atoms with Crippen LogP contribution in [-0.2, 0) is 17.8 Å². The number of aromatic amines is 1. The van der Waals surface area contributed by atoms with Crippen molar-refractivity contribution in [1.29, 1.82) is 5.26 Å². The predicted octanol–water partition coefficient (Wildman–Crippen LogP) is 3.21. The minimum absolute atomic E-state index is 0.0631. The van der Waals surface area contributed by atoms with E-state index in [2.05, 4.69) is 21.6 Å². The van der Waals surface area contributed by atoms with Gasteiger partial charge in [0, 0.05) is 32.1 Å². The van der Waals surface area contributed by atoms with Gasteiger partial charge in [-0.15, -0.1) is 0 Å². The van der Waals surface area contributed by atoms with E-state index in [0.29, 0.717) is 41.3 Å². The molecule has 4 rings (SSSR count). The minimum Gasteiger partial charge on any atom is -0.497 e. The number of carbonyl (C=O) groups is 1. The highest BCUT2D eigenvalue weighted by Crippen LogP contribution is 2.27. The van der Waals surface area contributed by atoms with Gasteiger partial charge >= 0.3 is 0 Å². The Bertz CT molecular complexity index is 1470. The topological polar surface area (TPSA) is 122 Å². The van der Waals surface area contributed by atoms with Gasteiger partial charge in [-0.25, -0.2) is 0 Å². The van der Waals surface area contributed by atoms with Gasteiger partial charge in [-0.05, 0) is 41.0 Å². The number of methoxy groups -OCH3 is 2. The monoisotopic (exact) mass is 497 g/mol. The molecule has 2 N–H and O–H groups in total. The van der Waals surface area contributed by atoms with Crippen molar-refractivity contribution in [3.05, 3.63) is 117 Å². The molecule has 1 atom stereocenters. The van der Waals surface area contributed by atoms with Crippen LogP contribution < -0.4 is 15.6 Å². The van der Waals surface area contributed by atoms with E-state index in [4.69, 9.17) is 9.47 Å². The zero-order valence-electron chi connectivity index (χ0n) is 20.6. The lowest BCUT2D eigenvalue weighted by Gasteiger charge is -2.17. The molecule has 0 aliphatic heterocycles. The fourth-order valence-corrected chi connectivity index (χ4v) is 4.11. The molecule has 4 aromatic rings. The number of carbonyl (C=O) groups excluding carboxylic acids is 1. The number of rotatable bonds is 10. The van der Waals surface area contributed by atoms with Gasteiger partial charge in [0.05, 0.1) is 49.1 Å². The van der Waals surface area contributed by atoms with Crippen molar-refractivity contribution in [1.82, 2.24) is 20.1 Å². The van der Waals surface area contributed by atoms with Gasteiger partial charge in [0.2, 0.25) is 0 Å². The van der Waals surface area contributed by atoms with Crippen molar-refractivity contribution in [2.24, 2.45) is 0 Å². The molecular formula is C28H27N5O4. The van der Waals surface area contributed by atoms with Crippen LogP contribution in [0.25, 0.3) is 0 Å². The maximum absolute atomic E-state index is 13.1. The van der Waals surface area contributed by atoms with Crippen LogP contribution in [0.4, 0.5) is 0 Å². The smallest absolute Gasteiger partial charge is 0.255 e. The average molecular weight is 498 g/mol. The molecule has 2 aromatic heterocycles. The number of H-pyrrole nitrogens is 1. The second-order valence-corrected chi connectivity index (χ2v) is 8.42. The summed E-state index contributed by atoms with van der Waals surface area (Å²) in [5.74, 6) is -0.0124. The number of benzene rings is 2. The van der Waals surface area contributed by atoms with Crippen LogP contribution in [0.1, 0.15) is 44.2 Å². The van der Waals surface area contributed by atoms with Crippen molar-refractivity contribution in [2.45, 2.75) is 19.0 Å². The van der Waals surface area contributed by atoms with Crippen LogP contribution in [-0.4, -0.2) is 41.5 Å². The summed E-state index contributed by atoms with van der Waals surface area (Å²) < 4.78 is 12.3. The maximum atomic E-state index is 13.1.